The highest BCUT2D eigenvalue weighted by atomic mass is 19.1. The molecule has 0 spiro atoms. The smallest absolute Gasteiger partial charge is 0.253 e. The summed E-state index contributed by atoms with van der Waals surface area (Å²) in [4.78, 5) is 30.2. The zero-order valence-corrected chi connectivity index (χ0v) is 18.1. The van der Waals surface area contributed by atoms with Gasteiger partial charge >= 0.3 is 0 Å². The summed E-state index contributed by atoms with van der Waals surface area (Å²) >= 11 is 0. The van der Waals surface area contributed by atoms with Crippen molar-refractivity contribution in [2.45, 2.75) is 45.9 Å². The Labute approximate surface area is 185 Å². The number of hydrogen-bond acceptors (Lipinski definition) is 5. The molecule has 1 aliphatic rings. The van der Waals surface area contributed by atoms with Gasteiger partial charge in [0.25, 0.3) is 5.91 Å². The van der Waals surface area contributed by atoms with Crippen LogP contribution in [0.3, 0.4) is 0 Å². The lowest BCUT2D eigenvalue weighted by atomic mass is 9.84. The molecule has 0 bridgehead atoms. The number of benzene rings is 1. The molecule has 0 saturated carbocycles. The largest absolute Gasteiger partial charge is 0.447 e. The molecular formula is C24H26FN3O4. The lowest BCUT2D eigenvalue weighted by Crippen LogP contribution is -2.26. The van der Waals surface area contributed by atoms with Crippen LogP contribution in [0.5, 0.6) is 0 Å². The number of ketones is 1. The van der Waals surface area contributed by atoms with E-state index in [1.54, 1.807) is 18.2 Å². The van der Waals surface area contributed by atoms with Crippen LogP contribution < -0.4 is 5.32 Å². The second kappa shape index (κ2) is 9.48. The van der Waals surface area contributed by atoms with Crippen LogP contribution >= 0.6 is 0 Å². The summed E-state index contributed by atoms with van der Waals surface area (Å²) in [6.45, 7) is 5.49. The van der Waals surface area contributed by atoms with Crippen LogP contribution in [0.25, 0.3) is 0 Å². The van der Waals surface area contributed by atoms with Gasteiger partial charge in [0.05, 0.1) is 42.9 Å². The number of ether oxygens (including phenoxy) is 1. The molecule has 0 aliphatic carbocycles. The summed E-state index contributed by atoms with van der Waals surface area (Å²) in [5, 5.41) is 2.78. The van der Waals surface area contributed by atoms with E-state index in [-0.39, 0.29) is 48.9 Å². The van der Waals surface area contributed by atoms with Crippen molar-refractivity contribution < 1.29 is 23.1 Å². The number of carbonyl (C=O) groups excluding carboxylic acids is 2. The van der Waals surface area contributed by atoms with Crippen molar-refractivity contribution in [3.63, 3.8) is 0 Å². The zero-order valence-electron chi connectivity index (χ0n) is 18.1. The predicted molar refractivity (Wildman–Crippen MR) is 115 cm³/mol. The quantitative estimate of drug-likeness (QED) is 0.535. The minimum absolute atomic E-state index is 0.0528. The van der Waals surface area contributed by atoms with Crippen molar-refractivity contribution in [1.82, 2.24) is 14.9 Å². The summed E-state index contributed by atoms with van der Waals surface area (Å²) in [6.07, 6.45) is 3.22. The first kappa shape index (κ1) is 22.0. The molecule has 4 rings (SSSR count). The number of hydrogen-bond donors (Lipinski definition) is 1. The molecule has 1 amide bonds. The Hall–Kier alpha value is -3.26. The Bertz CT molecular complexity index is 1090. The van der Waals surface area contributed by atoms with Crippen LogP contribution in [-0.4, -0.2) is 27.8 Å². The van der Waals surface area contributed by atoms with Crippen LogP contribution in [0.4, 0.5) is 4.39 Å². The molecule has 32 heavy (non-hydrogen) atoms. The molecule has 8 heteroatoms. The third-order valence-corrected chi connectivity index (χ3v) is 5.83. The summed E-state index contributed by atoms with van der Waals surface area (Å²) in [5.74, 6) is -0.136. The summed E-state index contributed by atoms with van der Waals surface area (Å²) in [7, 11) is 0. The van der Waals surface area contributed by atoms with Gasteiger partial charge in [0.2, 0.25) is 5.89 Å². The molecule has 3 aromatic rings. The van der Waals surface area contributed by atoms with E-state index < -0.39 is 0 Å². The Balaban J connectivity index is 1.57. The van der Waals surface area contributed by atoms with Crippen molar-refractivity contribution in [2.24, 2.45) is 5.92 Å². The predicted octanol–water partition coefficient (Wildman–Crippen LogP) is 4.09. The van der Waals surface area contributed by atoms with Crippen LogP contribution in [0.2, 0.25) is 0 Å². The number of fused-ring (bicyclic) bond motifs is 1. The van der Waals surface area contributed by atoms with Crippen molar-refractivity contribution >= 4 is 11.7 Å². The van der Waals surface area contributed by atoms with Gasteiger partial charge in [0, 0.05) is 13.0 Å². The molecule has 1 aliphatic heterocycles. The van der Waals surface area contributed by atoms with E-state index in [4.69, 9.17) is 9.15 Å². The average Bonchev–Trinajstić information content (AvgIpc) is 3.44. The summed E-state index contributed by atoms with van der Waals surface area (Å²) in [6, 6.07) is 7.95. The van der Waals surface area contributed by atoms with E-state index in [9.17, 15) is 14.0 Å². The van der Waals surface area contributed by atoms with Gasteiger partial charge in [-0.05, 0) is 35.6 Å². The van der Waals surface area contributed by atoms with E-state index in [2.05, 4.69) is 10.3 Å². The Morgan fingerprint density at radius 1 is 1.25 bits per heavy atom. The second-order valence-corrected chi connectivity index (χ2v) is 8.23. The van der Waals surface area contributed by atoms with Gasteiger partial charge in [-0.1, -0.05) is 26.0 Å². The lowest BCUT2D eigenvalue weighted by Gasteiger charge is -2.22. The van der Waals surface area contributed by atoms with Crippen LogP contribution in [0.15, 0.2) is 47.2 Å². The Morgan fingerprint density at radius 2 is 2.03 bits per heavy atom. The van der Waals surface area contributed by atoms with Crippen LogP contribution in [0, 0.1) is 11.7 Å². The molecule has 0 unspecified atom stereocenters. The first-order valence-corrected chi connectivity index (χ1v) is 10.7. The molecule has 7 nitrogen and oxygen atoms in total. The number of oxazole rings is 1. The average molecular weight is 439 g/mol. The third kappa shape index (κ3) is 4.65. The van der Waals surface area contributed by atoms with Gasteiger partial charge < -0.3 is 19.0 Å². The first-order valence-electron chi connectivity index (χ1n) is 10.7. The molecular weight excluding hydrogens is 413 g/mol. The van der Waals surface area contributed by atoms with E-state index in [1.807, 2.05) is 18.4 Å². The number of rotatable bonds is 8. The van der Waals surface area contributed by atoms with Gasteiger partial charge in [-0.2, -0.15) is 0 Å². The SMILES string of the molecule is CC(C)[C@@H](CC(=O)c1cc(C(=O)NCc2ncco2)c2n1CCOC2)c1ccc(F)cc1. The van der Waals surface area contributed by atoms with Crippen LogP contribution in [-0.2, 0) is 24.4 Å². The summed E-state index contributed by atoms with van der Waals surface area (Å²) < 4.78 is 26.0. The fraction of sp³-hybridized carbons (Fsp3) is 0.375. The highest BCUT2D eigenvalue weighted by molar-refractivity contribution is 6.01. The maximum atomic E-state index is 13.4. The Kier molecular flexibility index (Phi) is 6.50. The van der Waals surface area contributed by atoms with Crippen molar-refractivity contribution in [2.75, 3.05) is 6.61 Å². The number of Topliss-reactive ketones (excluding diaryl/α,β-unsaturated/α-hetero) is 1. The van der Waals surface area contributed by atoms with E-state index in [0.29, 0.717) is 36.0 Å². The van der Waals surface area contributed by atoms with Crippen LogP contribution in [0.1, 0.15) is 64.2 Å². The van der Waals surface area contributed by atoms with E-state index in [0.717, 1.165) is 5.56 Å². The van der Waals surface area contributed by atoms with Gasteiger partial charge in [0.15, 0.2) is 5.78 Å². The molecule has 3 heterocycles. The fourth-order valence-electron chi connectivity index (χ4n) is 4.10. The second-order valence-electron chi connectivity index (χ2n) is 8.23. The van der Waals surface area contributed by atoms with Crippen molar-refractivity contribution in [1.29, 1.82) is 0 Å². The number of amides is 1. The molecule has 0 saturated heterocycles. The van der Waals surface area contributed by atoms with Gasteiger partial charge in [0.1, 0.15) is 12.1 Å². The molecule has 168 valence electrons. The third-order valence-electron chi connectivity index (χ3n) is 5.83. The highest BCUT2D eigenvalue weighted by Crippen LogP contribution is 2.31. The minimum Gasteiger partial charge on any atom is -0.447 e. The first-order chi connectivity index (χ1) is 15.4. The van der Waals surface area contributed by atoms with Gasteiger partial charge in [-0.15, -0.1) is 0 Å². The molecule has 0 radical (unpaired) electrons. The van der Waals surface area contributed by atoms with Crippen molar-refractivity contribution in [3.05, 3.63) is 77.0 Å². The number of nitrogens with one attached hydrogen (secondary N) is 1. The normalized spacial score (nSPS) is 14.2. The monoisotopic (exact) mass is 439 g/mol. The number of nitrogens with zero attached hydrogens (tertiary/aromatic N) is 2. The topological polar surface area (TPSA) is 86.4 Å². The summed E-state index contributed by atoms with van der Waals surface area (Å²) in [5.41, 5.74) is 2.53. The number of carbonyl (C=O) groups is 2. The van der Waals surface area contributed by atoms with E-state index in [1.165, 1.54) is 24.6 Å². The Morgan fingerprint density at radius 3 is 2.72 bits per heavy atom. The maximum absolute atomic E-state index is 13.4. The zero-order chi connectivity index (χ0) is 22.7. The molecule has 2 aromatic heterocycles. The lowest BCUT2D eigenvalue weighted by molar-refractivity contribution is 0.0781. The number of aromatic nitrogens is 2. The van der Waals surface area contributed by atoms with Crippen molar-refractivity contribution in [3.8, 4) is 0 Å². The fourth-order valence-corrected chi connectivity index (χ4v) is 4.10. The minimum atomic E-state index is -0.310. The number of halogens is 1. The standard InChI is InChI=1S/C24H26FN3O4/c1-15(2)18(16-3-5-17(25)6-4-16)12-22(29)20-11-19(21-14-31-10-8-28(20)21)24(30)27-13-23-26-7-9-32-23/h3-7,9,11,15,18H,8,10,12-14H2,1-2H3,(H,27,30)/t18-/m1/s1. The molecule has 1 atom stereocenters. The van der Waals surface area contributed by atoms with Gasteiger partial charge in [-0.3, -0.25) is 9.59 Å². The van der Waals surface area contributed by atoms with E-state index >= 15 is 0 Å². The molecule has 1 aromatic carbocycles. The van der Waals surface area contributed by atoms with Gasteiger partial charge in [-0.25, -0.2) is 9.37 Å². The highest BCUT2D eigenvalue weighted by Gasteiger charge is 2.28. The molecule has 1 N–H and O–H groups in total. The maximum Gasteiger partial charge on any atom is 0.253 e. The molecule has 0 fully saturated rings.